The Kier molecular flexibility index (Phi) is 10.4. The molecule has 13 nitrogen and oxygen atoms in total. The van der Waals surface area contributed by atoms with Crippen molar-refractivity contribution in [1.82, 2.24) is 36.0 Å². The smallest absolute Gasteiger partial charge is 0.272 e. The van der Waals surface area contributed by atoms with Gasteiger partial charge in [-0.2, -0.15) is 0 Å². The first kappa shape index (κ1) is 31.8. The summed E-state index contributed by atoms with van der Waals surface area (Å²) in [7, 11) is 0. The van der Waals surface area contributed by atoms with Gasteiger partial charge in [0, 0.05) is 64.0 Å². The lowest BCUT2D eigenvalue weighted by Crippen LogP contribution is -2.52. The van der Waals surface area contributed by atoms with E-state index in [4.69, 9.17) is 0 Å². The van der Waals surface area contributed by atoms with Crippen molar-refractivity contribution >= 4 is 35.1 Å². The summed E-state index contributed by atoms with van der Waals surface area (Å²) >= 11 is 0. The van der Waals surface area contributed by atoms with Gasteiger partial charge >= 0.3 is 0 Å². The van der Waals surface area contributed by atoms with Gasteiger partial charge in [0.25, 0.3) is 5.91 Å². The van der Waals surface area contributed by atoms with Crippen LogP contribution >= 0.6 is 0 Å². The minimum atomic E-state index is -0.675. The van der Waals surface area contributed by atoms with E-state index in [0.29, 0.717) is 23.7 Å². The van der Waals surface area contributed by atoms with Gasteiger partial charge in [0.05, 0.1) is 18.3 Å². The molecule has 5 heterocycles. The molecule has 1 aliphatic carbocycles. The van der Waals surface area contributed by atoms with Crippen LogP contribution in [0.3, 0.4) is 0 Å². The summed E-state index contributed by atoms with van der Waals surface area (Å²) in [6.07, 6.45) is 10.4. The molecule has 3 aliphatic heterocycles. The van der Waals surface area contributed by atoms with Crippen LogP contribution in [0.2, 0.25) is 0 Å². The van der Waals surface area contributed by atoms with Gasteiger partial charge in [-0.3, -0.25) is 34.4 Å². The monoisotopic (exact) mass is 631 g/mol. The summed E-state index contributed by atoms with van der Waals surface area (Å²) in [6.45, 7) is 6.80. The minimum absolute atomic E-state index is 0.0834. The molecule has 2 aromatic rings. The van der Waals surface area contributed by atoms with Crippen LogP contribution in [-0.2, 0) is 20.8 Å². The van der Waals surface area contributed by atoms with Gasteiger partial charge in [0.1, 0.15) is 6.04 Å². The Balaban J connectivity index is 0.888. The lowest BCUT2D eigenvalue weighted by atomic mass is 9.95. The summed E-state index contributed by atoms with van der Waals surface area (Å²) < 4.78 is 0. The number of aromatic nitrogens is 3. The van der Waals surface area contributed by atoms with Crippen LogP contribution in [0.5, 0.6) is 0 Å². The Bertz CT molecular complexity index is 1360. The number of amides is 4. The third-order valence-electron chi connectivity index (χ3n) is 9.74. The average Bonchev–Trinajstić information content (AvgIpc) is 3.08. The number of pyridine rings is 1. The second-order valence-electron chi connectivity index (χ2n) is 13.1. The van der Waals surface area contributed by atoms with Gasteiger partial charge in [0.15, 0.2) is 11.5 Å². The number of nitrogens with zero attached hydrogens (tertiary/aromatic N) is 6. The fourth-order valence-corrected chi connectivity index (χ4v) is 6.97. The highest BCUT2D eigenvalue weighted by molar-refractivity contribution is 6.01. The van der Waals surface area contributed by atoms with E-state index in [1.165, 1.54) is 19.3 Å². The maximum Gasteiger partial charge on any atom is 0.272 e. The molecule has 6 rings (SSSR count). The van der Waals surface area contributed by atoms with Crippen LogP contribution in [0.1, 0.15) is 74.0 Å². The maximum atomic E-state index is 12.6. The summed E-state index contributed by atoms with van der Waals surface area (Å²) in [6, 6.07) is 7.19. The van der Waals surface area contributed by atoms with E-state index < -0.39 is 11.9 Å². The molecule has 13 heteroatoms. The Morgan fingerprint density at radius 1 is 0.826 bits per heavy atom. The van der Waals surface area contributed by atoms with Gasteiger partial charge in [-0.15, -0.1) is 10.2 Å². The van der Waals surface area contributed by atoms with E-state index in [1.807, 2.05) is 24.4 Å². The quantitative estimate of drug-likeness (QED) is 0.347. The second-order valence-corrected chi connectivity index (χ2v) is 13.1. The van der Waals surface area contributed by atoms with Crippen molar-refractivity contribution in [3.05, 3.63) is 41.9 Å². The van der Waals surface area contributed by atoms with Crippen LogP contribution in [0.4, 0.5) is 11.5 Å². The third kappa shape index (κ3) is 8.36. The third-order valence-corrected chi connectivity index (χ3v) is 9.74. The molecule has 0 radical (unpaired) electrons. The average molecular weight is 632 g/mol. The van der Waals surface area contributed by atoms with Crippen molar-refractivity contribution in [3.8, 4) is 0 Å². The normalized spacial score (nSPS) is 22.0. The molecular weight excluding hydrogens is 586 g/mol. The van der Waals surface area contributed by atoms with Gasteiger partial charge in [0.2, 0.25) is 17.7 Å². The van der Waals surface area contributed by atoms with Crippen LogP contribution < -0.4 is 25.8 Å². The summed E-state index contributed by atoms with van der Waals surface area (Å²) in [5.41, 5.74) is 2.07. The molecule has 46 heavy (non-hydrogen) atoms. The fourth-order valence-electron chi connectivity index (χ4n) is 6.97. The predicted molar refractivity (Wildman–Crippen MR) is 172 cm³/mol. The van der Waals surface area contributed by atoms with Crippen LogP contribution in [0.15, 0.2) is 30.5 Å². The first-order chi connectivity index (χ1) is 22.4. The number of hydrogen-bond acceptors (Lipinski definition) is 10. The highest BCUT2D eigenvalue weighted by Crippen LogP contribution is 2.24. The molecule has 246 valence electrons. The summed E-state index contributed by atoms with van der Waals surface area (Å²) in [5.74, 6) is 0.325. The number of carbonyl (C=O) groups excluding carboxylic acids is 4. The fraction of sp³-hybridized carbons (Fsp3) is 0.606. The zero-order valence-corrected chi connectivity index (χ0v) is 26.5. The first-order valence-electron chi connectivity index (χ1n) is 16.8. The second kappa shape index (κ2) is 15.0. The molecule has 3 saturated heterocycles. The molecule has 1 atom stereocenters. The number of nitrogens with one attached hydrogen (secondary N) is 3. The first-order valence-corrected chi connectivity index (χ1v) is 16.8. The Morgan fingerprint density at radius 3 is 2.28 bits per heavy atom. The van der Waals surface area contributed by atoms with E-state index in [0.717, 1.165) is 83.0 Å². The largest absolute Gasteiger partial charge is 0.368 e. The molecule has 4 amide bonds. The standard InChI is InChI=1S/C33H45N9O4/c43-30-11-9-27(32(45)37-30)36-31(44)20-25-6-7-26(21-34-25)41-18-16-40(17-19-41)22-23-12-14-42(15-13-23)29-10-8-28(38-39-29)33(46)35-24-4-2-1-3-5-24/h6-8,10,21,23-24,27H,1-5,9,11-20,22H2,(H,35,46)(H,36,44)(H,37,43,45). The van der Waals surface area contributed by atoms with Crippen molar-refractivity contribution in [3.63, 3.8) is 0 Å². The molecule has 1 unspecified atom stereocenters. The molecule has 0 spiro atoms. The Morgan fingerprint density at radius 2 is 1.61 bits per heavy atom. The van der Waals surface area contributed by atoms with Crippen LogP contribution in [0.25, 0.3) is 0 Å². The van der Waals surface area contributed by atoms with Crippen molar-refractivity contribution < 1.29 is 19.2 Å². The highest BCUT2D eigenvalue weighted by atomic mass is 16.2. The number of carbonyl (C=O) groups is 4. The van der Waals surface area contributed by atoms with Crippen LogP contribution in [-0.4, -0.2) is 102 Å². The molecule has 0 bridgehead atoms. The molecule has 2 aromatic heterocycles. The van der Waals surface area contributed by atoms with Crippen molar-refractivity contribution in [1.29, 1.82) is 0 Å². The van der Waals surface area contributed by atoms with Crippen molar-refractivity contribution in [2.45, 2.75) is 76.3 Å². The van der Waals surface area contributed by atoms with E-state index in [-0.39, 0.29) is 36.6 Å². The number of piperidine rings is 2. The van der Waals surface area contributed by atoms with Gasteiger partial charge in [-0.1, -0.05) is 19.3 Å². The summed E-state index contributed by atoms with van der Waals surface area (Å²) in [5, 5.41) is 16.7. The summed E-state index contributed by atoms with van der Waals surface area (Å²) in [4.78, 5) is 59.9. The highest BCUT2D eigenvalue weighted by Gasteiger charge is 2.28. The van der Waals surface area contributed by atoms with Crippen molar-refractivity contribution in [2.24, 2.45) is 5.92 Å². The number of piperazine rings is 1. The zero-order valence-electron chi connectivity index (χ0n) is 26.5. The Labute approximate surface area is 269 Å². The molecule has 0 aromatic carbocycles. The van der Waals surface area contributed by atoms with E-state index in [1.54, 1.807) is 6.07 Å². The van der Waals surface area contributed by atoms with Gasteiger partial charge in [-0.25, -0.2) is 0 Å². The van der Waals surface area contributed by atoms with E-state index in [9.17, 15) is 19.2 Å². The SMILES string of the molecule is O=C1CCC(NC(=O)Cc2ccc(N3CCN(CC4CCN(c5ccc(C(=O)NC6CCCCC6)nn5)CC4)CC3)cn2)C(=O)N1. The lowest BCUT2D eigenvalue weighted by Gasteiger charge is -2.39. The molecule has 4 aliphatic rings. The molecule has 1 saturated carbocycles. The maximum absolute atomic E-state index is 12.6. The van der Waals surface area contributed by atoms with Gasteiger partial charge < -0.3 is 20.4 Å². The zero-order chi connectivity index (χ0) is 31.9. The number of hydrogen-bond donors (Lipinski definition) is 3. The van der Waals surface area contributed by atoms with Gasteiger partial charge in [-0.05, 0) is 62.3 Å². The number of imide groups is 1. The topological polar surface area (TPSA) is 153 Å². The molecule has 3 N–H and O–H groups in total. The molecule has 4 fully saturated rings. The van der Waals surface area contributed by atoms with E-state index in [2.05, 4.69) is 45.8 Å². The number of anilines is 2. The lowest BCUT2D eigenvalue weighted by molar-refractivity contribution is -0.137. The number of rotatable bonds is 9. The van der Waals surface area contributed by atoms with Crippen LogP contribution in [0, 0.1) is 5.92 Å². The molecular formula is C33H45N9O4. The minimum Gasteiger partial charge on any atom is -0.368 e. The van der Waals surface area contributed by atoms with E-state index >= 15 is 0 Å². The predicted octanol–water partition coefficient (Wildman–Crippen LogP) is 1.44. The van der Waals surface area contributed by atoms with Crippen molar-refractivity contribution in [2.75, 3.05) is 55.6 Å². The Hall–Kier alpha value is -4.13.